The first-order valence-electron chi connectivity index (χ1n) is 12.3. The van der Waals surface area contributed by atoms with Gasteiger partial charge in [0, 0.05) is 44.7 Å². The van der Waals surface area contributed by atoms with Crippen LogP contribution in [0.4, 0.5) is 5.69 Å². The molecule has 0 unspecified atom stereocenters. The number of benzene rings is 2. The van der Waals surface area contributed by atoms with Crippen molar-refractivity contribution in [3.05, 3.63) is 53.9 Å². The van der Waals surface area contributed by atoms with Crippen molar-refractivity contribution in [3.8, 4) is 0 Å². The second-order valence-corrected chi connectivity index (χ2v) is 10.6. The van der Waals surface area contributed by atoms with Gasteiger partial charge in [-0.25, -0.2) is 13.4 Å². The smallest absolute Gasteiger partial charge is 0.243 e. The van der Waals surface area contributed by atoms with Crippen LogP contribution in [0.2, 0.25) is 0 Å². The summed E-state index contributed by atoms with van der Waals surface area (Å²) in [6.45, 7) is 8.15. The fourth-order valence-electron chi connectivity index (χ4n) is 4.84. The molecule has 182 valence electrons. The maximum Gasteiger partial charge on any atom is 0.243 e. The molecule has 4 rings (SSSR count). The molecule has 0 radical (unpaired) electrons. The third kappa shape index (κ3) is 4.61. The minimum absolute atomic E-state index is 0.104. The highest BCUT2D eigenvalue weighted by Gasteiger charge is 2.25. The standard InChI is InChI=1S/C26H34N4O3S/c1-4-17-29-24-14-13-21(34(32,33)28(5-2)6-3)19-22(24)27-25(29)15-16-26(31)30-18-9-11-20-10-7-8-12-23(20)30/h7-8,10,12-14,19H,4-6,9,11,15-18H2,1-3H3. The van der Waals surface area contributed by atoms with Gasteiger partial charge in [-0.05, 0) is 49.1 Å². The Morgan fingerprint density at radius 3 is 2.59 bits per heavy atom. The van der Waals surface area contributed by atoms with Gasteiger partial charge in [-0.1, -0.05) is 39.0 Å². The summed E-state index contributed by atoms with van der Waals surface area (Å²) in [5.41, 5.74) is 3.81. The Hall–Kier alpha value is -2.71. The molecule has 0 fully saturated rings. The summed E-state index contributed by atoms with van der Waals surface area (Å²) >= 11 is 0. The summed E-state index contributed by atoms with van der Waals surface area (Å²) in [7, 11) is -3.55. The Morgan fingerprint density at radius 2 is 1.85 bits per heavy atom. The summed E-state index contributed by atoms with van der Waals surface area (Å²) in [6, 6.07) is 13.3. The summed E-state index contributed by atoms with van der Waals surface area (Å²) in [6.07, 6.45) is 3.79. The summed E-state index contributed by atoms with van der Waals surface area (Å²) in [5, 5.41) is 0. The molecule has 0 saturated carbocycles. The number of anilines is 1. The van der Waals surface area contributed by atoms with Gasteiger partial charge in [0.05, 0.1) is 15.9 Å². The number of sulfonamides is 1. The second-order valence-electron chi connectivity index (χ2n) is 8.70. The molecule has 7 nitrogen and oxygen atoms in total. The molecular weight excluding hydrogens is 448 g/mol. The highest BCUT2D eigenvalue weighted by Crippen LogP contribution is 2.28. The quantitative estimate of drug-likeness (QED) is 0.453. The van der Waals surface area contributed by atoms with E-state index >= 15 is 0 Å². The second kappa shape index (κ2) is 10.3. The molecule has 8 heteroatoms. The minimum Gasteiger partial charge on any atom is -0.328 e. The van der Waals surface area contributed by atoms with Gasteiger partial charge in [-0.2, -0.15) is 4.31 Å². The number of carbonyl (C=O) groups excluding carboxylic acids is 1. The molecule has 1 aromatic heterocycles. The molecule has 3 aromatic rings. The molecule has 1 aliphatic heterocycles. The lowest BCUT2D eigenvalue weighted by atomic mass is 10.0. The molecule has 0 N–H and O–H groups in total. The lowest BCUT2D eigenvalue weighted by Crippen LogP contribution is -2.35. The van der Waals surface area contributed by atoms with Crippen molar-refractivity contribution in [1.82, 2.24) is 13.9 Å². The van der Waals surface area contributed by atoms with Crippen molar-refractivity contribution in [2.24, 2.45) is 0 Å². The van der Waals surface area contributed by atoms with Gasteiger partial charge < -0.3 is 9.47 Å². The lowest BCUT2D eigenvalue weighted by Gasteiger charge is -2.29. The number of nitrogens with zero attached hydrogens (tertiary/aromatic N) is 4. The number of hydrogen-bond acceptors (Lipinski definition) is 4. The first kappa shape index (κ1) is 24.4. The molecule has 1 aliphatic rings. The average Bonchev–Trinajstić information content (AvgIpc) is 3.19. The van der Waals surface area contributed by atoms with Gasteiger partial charge in [0.2, 0.25) is 15.9 Å². The fraction of sp³-hybridized carbons (Fsp3) is 0.462. The van der Waals surface area contributed by atoms with Gasteiger partial charge in [0.1, 0.15) is 5.82 Å². The minimum atomic E-state index is -3.55. The van der Waals surface area contributed by atoms with E-state index < -0.39 is 10.0 Å². The van der Waals surface area contributed by atoms with E-state index in [9.17, 15) is 13.2 Å². The maximum atomic E-state index is 13.1. The normalized spacial score (nSPS) is 14.1. The average molecular weight is 483 g/mol. The van der Waals surface area contributed by atoms with Crippen molar-refractivity contribution in [2.45, 2.75) is 64.3 Å². The van der Waals surface area contributed by atoms with Crippen LogP contribution in [0.15, 0.2) is 47.4 Å². The zero-order valence-electron chi connectivity index (χ0n) is 20.3. The van der Waals surface area contributed by atoms with Crippen LogP contribution in [0.5, 0.6) is 0 Å². The van der Waals surface area contributed by atoms with E-state index in [0.29, 0.717) is 31.4 Å². The summed E-state index contributed by atoms with van der Waals surface area (Å²) in [5.74, 6) is 0.930. The Balaban J connectivity index is 1.60. The highest BCUT2D eigenvalue weighted by atomic mass is 32.2. The van der Waals surface area contributed by atoms with Gasteiger partial charge in [-0.3, -0.25) is 4.79 Å². The number of carbonyl (C=O) groups is 1. The molecule has 1 amide bonds. The maximum absolute atomic E-state index is 13.1. The Bertz CT molecular complexity index is 1280. The lowest BCUT2D eigenvalue weighted by molar-refractivity contribution is -0.118. The van der Waals surface area contributed by atoms with Crippen LogP contribution in [-0.2, 0) is 34.2 Å². The topological polar surface area (TPSA) is 75.5 Å². The predicted octanol–water partition coefficient (Wildman–Crippen LogP) is 4.39. The van der Waals surface area contributed by atoms with E-state index in [1.54, 1.807) is 12.1 Å². The number of aromatic nitrogens is 2. The molecule has 0 spiro atoms. The number of rotatable bonds is 9. The van der Waals surface area contributed by atoms with Crippen molar-refractivity contribution >= 4 is 32.7 Å². The van der Waals surface area contributed by atoms with E-state index in [1.807, 2.05) is 43.0 Å². The zero-order valence-corrected chi connectivity index (χ0v) is 21.1. The summed E-state index contributed by atoms with van der Waals surface area (Å²) in [4.78, 5) is 20.1. The van der Waals surface area contributed by atoms with Crippen LogP contribution in [0.25, 0.3) is 11.0 Å². The summed E-state index contributed by atoms with van der Waals surface area (Å²) < 4.78 is 29.6. The van der Waals surface area contributed by atoms with Crippen LogP contribution in [0.3, 0.4) is 0 Å². The first-order chi connectivity index (χ1) is 16.4. The van der Waals surface area contributed by atoms with E-state index in [0.717, 1.165) is 49.4 Å². The number of fused-ring (bicyclic) bond motifs is 2. The predicted molar refractivity (Wildman–Crippen MR) is 136 cm³/mol. The molecule has 0 atom stereocenters. The van der Waals surface area contributed by atoms with Crippen molar-refractivity contribution in [2.75, 3.05) is 24.5 Å². The number of hydrogen-bond donors (Lipinski definition) is 0. The van der Waals surface area contributed by atoms with E-state index in [4.69, 9.17) is 4.98 Å². The molecule has 0 bridgehead atoms. The Labute approximate surface area is 202 Å². The Kier molecular flexibility index (Phi) is 7.38. The fourth-order valence-corrected chi connectivity index (χ4v) is 6.32. The van der Waals surface area contributed by atoms with Crippen LogP contribution in [0.1, 0.15) is 51.4 Å². The van der Waals surface area contributed by atoms with Crippen LogP contribution in [0, 0.1) is 0 Å². The van der Waals surface area contributed by atoms with Gasteiger partial charge in [0.15, 0.2) is 0 Å². The molecular formula is C26H34N4O3S. The van der Waals surface area contributed by atoms with E-state index in [1.165, 1.54) is 9.87 Å². The van der Waals surface area contributed by atoms with Crippen LogP contribution in [-0.4, -0.2) is 47.8 Å². The third-order valence-electron chi connectivity index (χ3n) is 6.56. The van der Waals surface area contributed by atoms with Crippen molar-refractivity contribution < 1.29 is 13.2 Å². The molecule has 34 heavy (non-hydrogen) atoms. The molecule has 2 aromatic carbocycles. The highest BCUT2D eigenvalue weighted by molar-refractivity contribution is 7.89. The Morgan fingerprint density at radius 1 is 1.09 bits per heavy atom. The van der Waals surface area contributed by atoms with Crippen molar-refractivity contribution in [1.29, 1.82) is 0 Å². The number of aryl methyl sites for hydroxylation is 3. The SMILES string of the molecule is CCCn1c(CCC(=O)N2CCCc3ccccc32)nc2cc(S(=O)(=O)N(CC)CC)ccc21. The molecule has 2 heterocycles. The number of imidazole rings is 1. The molecule has 0 aliphatic carbocycles. The number of para-hydroxylation sites is 1. The largest absolute Gasteiger partial charge is 0.328 e. The third-order valence-corrected chi connectivity index (χ3v) is 8.61. The zero-order chi connectivity index (χ0) is 24.3. The molecule has 0 saturated heterocycles. The van der Waals surface area contributed by atoms with E-state index in [2.05, 4.69) is 17.6 Å². The van der Waals surface area contributed by atoms with Gasteiger partial charge >= 0.3 is 0 Å². The first-order valence-corrected chi connectivity index (χ1v) is 13.7. The van der Waals surface area contributed by atoms with Crippen molar-refractivity contribution in [3.63, 3.8) is 0 Å². The van der Waals surface area contributed by atoms with Crippen LogP contribution >= 0.6 is 0 Å². The van der Waals surface area contributed by atoms with Gasteiger partial charge in [-0.15, -0.1) is 0 Å². The monoisotopic (exact) mass is 482 g/mol. The van der Waals surface area contributed by atoms with Gasteiger partial charge in [0.25, 0.3) is 0 Å². The van der Waals surface area contributed by atoms with Crippen LogP contribution < -0.4 is 4.90 Å². The van der Waals surface area contributed by atoms with E-state index in [-0.39, 0.29) is 10.8 Å². The number of amides is 1.